The van der Waals surface area contributed by atoms with Crippen LogP contribution in [0.4, 0.5) is 0 Å². The summed E-state index contributed by atoms with van der Waals surface area (Å²) in [5.41, 5.74) is 5.66. The van der Waals surface area contributed by atoms with Gasteiger partial charge in [0, 0.05) is 13.1 Å². The molecule has 0 atom stereocenters. The van der Waals surface area contributed by atoms with Crippen LogP contribution in [0.25, 0.3) is 0 Å². The topological polar surface area (TPSA) is 50.4 Å². The Kier molecular flexibility index (Phi) is 17.2. The highest BCUT2D eigenvalue weighted by Gasteiger charge is 1.91. The second-order valence-corrected chi connectivity index (χ2v) is 3.96. The Morgan fingerprint density at radius 1 is 1.00 bits per heavy atom. The molecule has 3 nitrogen and oxygen atoms in total. The van der Waals surface area contributed by atoms with E-state index in [-0.39, 0.29) is 24.0 Å². The van der Waals surface area contributed by atoms with Gasteiger partial charge in [-0.05, 0) is 12.8 Å². The highest BCUT2D eigenvalue weighted by atomic mass is 127. The highest BCUT2D eigenvalue weighted by molar-refractivity contribution is 14.0. The lowest BCUT2D eigenvalue weighted by atomic mass is 10.1. The third-order valence-electron chi connectivity index (χ3n) is 2.34. The molecule has 0 aliphatic heterocycles. The predicted octanol–water partition coefficient (Wildman–Crippen LogP) is 3.28. The maximum Gasteiger partial charge on any atom is 0.188 e. The number of guanidine groups is 1. The lowest BCUT2D eigenvalue weighted by molar-refractivity contribution is 0.601. The first-order valence-electron chi connectivity index (χ1n) is 6.35. The third-order valence-corrected chi connectivity index (χ3v) is 2.34. The molecule has 0 saturated heterocycles. The lowest BCUT2D eigenvalue weighted by Crippen LogP contribution is -2.32. The quantitative estimate of drug-likeness (QED) is 0.293. The number of nitrogens with one attached hydrogen (secondary N) is 1. The first-order chi connectivity index (χ1) is 7.31. The van der Waals surface area contributed by atoms with E-state index in [9.17, 15) is 0 Å². The average molecular weight is 341 g/mol. The summed E-state index contributed by atoms with van der Waals surface area (Å²) in [6.07, 6.45) is 8.96. The van der Waals surface area contributed by atoms with Crippen LogP contribution >= 0.6 is 24.0 Å². The van der Waals surface area contributed by atoms with Gasteiger partial charge in [-0.15, -0.1) is 24.0 Å². The highest BCUT2D eigenvalue weighted by Crippen LogP contribution is 2.03. The van der Waals surface area contributed by atoms with Gasteiger partial charge in [0.2, 0.25) is 0 Å². The van der Waals surface area contributed by atoms with Crippen LogP contribution in [0.3, 0.4) is 0 Å². The molecule has 0 aromatic carbocycles. The van der Waals surface area contributed by atoms with E-state index in [0.717, 1.165) is 19.5 Å². The molecule has 0 saturated carbocycles. The van der Waals surface area contributed by atoms with E-state index in [2.05, 4.69) is 24.2 Å². The fourth-order valence-electron chi connectivity index (χ4n) is 1.41. The maximum atomic E-state index is 5.66. The van der Waals surface area contributed by atoms with E-state index in [1.54, 1.807) is 0 Å². The molecule has 3 N–H and O–H groups in total. The maximum absolute atomic E-state index is 5.66. The molecule has 0 unspecified atom stereocenters. The zero-order valence-electron chi connectivity index (χ0n) is 10.8. The van der Waals surface area contributed by atoms with Crippen molar-refractivity contribution in [1.29, 1.82) is 0 Å². The van der Waals surface area contributed by atoms with Crippen LogP contribution < -0.4 is 11.1 Å². The second-order valence-electron chi connectivity index (χ2n) is 3.96. The van der Waals surface area contributed by atoms with E-state index in [4.69, 9.17) is 5.73 Å². The Labute approximate surface area is 118 Å². The first-order valence-corrected chi connectivity index (χ1v) is 6.35. The normalized spacial score (nSPS) is 11.0. The van der Waals surface area contributed by atoms with Crippen LogP contribution in [-0.4, -0.2) is 19.0 Å². The number of hydrogen-bond acceptors (Lipinski definition) is 1. The molecule has 0 aromatic heterocycles. The summed E-state index contributed by atoms with van der Waals surface area (Å²) in [5.74, 6) is 0.602. The Morgan fingerprint density at radius 2 is 1.62 bits per heavy atom. The van der Waals surface area contributed by atoms with Crippen molar-refractivity contribution >= 4 is 29.9 Å². The van der Waals surface area contributed by atoms with Crippen molar-refractivity contribution in [3.8, 4) is 0 Å². The van der Waals surface area contributed by atoms with Crippen molar-refractivity contribution in [2.24, 2.45) is 10.7 Å². The molecular formula is C12H28IN3. The summed E-state index contributed by atoms with van der Waals surface area (Å²) < 4.78 is 0. The molecule has 0 aromatic rings. The Morgan fingerprint density at radius 3 is 2.25 bits per heavy atom. The Hall–Kier alpha value is 0. The van der Waals surface area contributed by atoms with Gasteiger partial charge in [-0.25, -0.2) is 0 Å². The van der Waals surface area contributed by atoms with Gasteiger partial charge in [0.25, 0.3) is 0 Å². The summed E-state index contributed by atoms with van der Waals surface area (Å²) in [6, 6.07) is 0. The second kappa shape index (κ2) is 15.0. The summed E-state index contributed by atoms with van der Waals surface area (Å²) in [7, 11) is 0. The monoisotopic (exact) mass is 341 g/mol. The average Bonchev–Trinajstić information content (AvgIpc) is 2.25. The van der Waals surface area contributed by atoms with Crippen LogP contribution in [-0.2, 0) is 0 Å². The number of nitrogens with zero attached hydrogens (tertiary/aromatic N) is 1. The molecule has 0 aliphatic carbocycles. The zero-order valence-corrected chi connectivity index (χ0v) is 13.1. The number of rotatable bonds is 9. The fourth-order valence-corrected chi connectivity index (χ4v) is 1.41. The van der Waals surface area contributed by atoms with Crippen molar-refractivity contribution in [3.63, 3.8) is 0 Å². The van der Waals surface area contributed by atoms with Gasteiger partial charge in [-0.2, -0.15) is 0 Å². The molecule has 0 radical (unpaired) electrons. The molecular weight excluding hydrogens is 313 g/mol. The SMILES string of the molecule is CCCCCCCCNC(N)=NCCC.I. The molecule has 0 rings (SSSR count). The van der Waals surface area contributed by atoms with E-state index < -0.39 is 0 Å². The summed E-state index contributed by atoms with van der Waals surface area (Å²) in [5, 5.41) is 3.14. The molecule has 0 amide bonds. The van der Waals surface area contributed by atoms with Gasteiger partial charge in [-0.3, -0.25) is 4.99 Å². The minimum absolute atomic E-state index is 0. The van der Waals surface area contributed by atoms with Gasteiger partial charge in [-0.1, -0.05) is 46.0 Å². The van der Waals surface area contributed by atoms with E-state index in [0.29, 0.717) is 5.96 Å². The number of nitrogens with two attached hydrogens (primary N) is 1. The molecule has 0 fully saturated rings. The molecule has 0 heterocycles. The minimum atomic E-state index is 0. The van der Waals surface area contributed by atoms with Crippen molar-refractivity contribution in [2.45, 2.75) is 58.8 Å². The molecule has 98 valence electrons. The summed E-state index contributed by atoms with van der Waals surface area (Å²) in [4.78, 5) is 4.17. The summed E-state index contributed by atoms with van der Waals surface area (Å²) >= 11 is 0. The Bertz CT molecular complexity index is 160. The van der Waals surface area contributed by atoms with Crippen molar-refractivity contribution in [3.05, 3.63) is 0 Å². The molecule has 4 heteroatoms. The predicted molar refractivity (Wildman–Crippen MR) is 83.6 cm³/mol. The minimum Gasteiger partial charge on any atom is -0.370 e. The standard InChI is InChI=1S/C12H27N3.HI/c1-3-5-6-7-8-9-11-15-12(13)14-10-4-2;/h3-11H2,1-2H3,(H3,13,14,15);1H. The molecule has 0 aliphatic rings. The summed E-state index contributed by atoms with van der Waals surface area (Å²) in [6.45, 7) is 6.14. The first kappa shape index (κ1) is 18.4. The molecule has 16 heavy (non-hydrogen) atoms. The number of halogens is 1. The lowest BCUT2D eigenvalue weighted by Gasteiger charge is -2.05. The fraction of sp³-hybridized carbons (Fsp3) is 0.917. The van der Waals surface area contributed by atoms with Crippen LogP contribution in [0.1, 0.15) is 58.8 Å². The third kappa shape index (κ3) is 14.0. The van der Waals surface area contributed by atoms with Gasteiger partial charge < -0.3 is 11.1 Å². The van der Waals surface area contributed by atoms with E-state index >= 15 is 0 Å². The van der Waals surface area contributed by atoms with Crippen LogP contribution in [0, 0.1) is 0 Å². The number of aliphatic imine (C=N–C) groups is 1. The largest absolute Gasteiger partial charge is 0.370 e. The van der Waals surface area contributed by atoms with Gasteiger partial charge in [0.1, 0.15) is 0 Å². The van der Waals surface area contributed by atoms with Crippen molar-refractivity contribution in [1.82, 2.24) is 5.32 Å². The Balaban J connectivity index is 0. The van der Waals surface area contributed by atoms with Crippen LogP contribution in [0.15, 0.2) is 4.99 Å². The number of unbranched alkanes of at least 4 members (excludes halogenated alkanes) is 5. The van der Waals surface area contributed by atoms with Crippen molar-refractivity contribution in [2.75, 3.05) is 13.1 Å². The van der Waals surface area contributed by atoms with Gasteiger partial charge in [0.15, 0.2) is 5.96 Å². The van der Waals surface area contributed by atoms with Crippen LogP contribution in [0.5, 0.6) is 0 Å². The van der Waals surface area contributed by atoms with Crippen molar-refractivity contribution < 1.29 is 0 Å². The smallest absolute Gasteiger partial charge is 0.188 e. The number of hydrogen-bond donors (Lipinski definition) is 2. The van der Waals surface area contributed by atoms with Crippen LogP contribution in [0.2, 0.25) is 0 Å². The van der Waals surface area contributed by atoms with E-state index in [1.807, 2.05) is 0 Å². The molecule has 0 spiro atoms. The van der Waals surface area contributed by atoms with Gasteiger partial charge in [0.05, 0.1) is 0 Å². The van der Waals surface area contributed by atoms with Gasteiger partial charge >= 0.3 is 0 Å². The molecule has 0 bridgehead atoms. The van der Waals surface area contributed by atoms with E-state index in [1.165, 1.54) is 38.5 Å². The zero-order chi connectivity index (χ0) is 11.4.